The molecule has 0 radical (unpaired) electrons. The highest BCUT2D eigenvalue weighted by Gasteiger charge is 2.17. The fourth-order valence-electron chi connectivity index (χ4n) is 2.42. The van der Waals surface area contributed by atoms with E-state index in [4.69, 9.17) is 11.6 Å². The van der Waals surface area contributed by atoms with Crippen molar-refractivity contribution < 1.29 is 0 Å². The third-order valence-electron chi connectivity index (χ3n) is 3.38. The van der Waals surface area contributed by atoms with Gasteiger partial charge >= 0.3 is 0 Å². The van der Waals surface area contributed by atoms with E-state index in [-0.39, 0.29) is 11.3 Å². The summed E-state index contributed by atoms with van der Waals surface area (Å²) in [5.41, 5.74) is 0. The van der Waals surface area contributed by atoms with E-state index >= 15 is 0 Å². The quantitative estimate of drug-likeness (QED) is 0.908. The van der Waals surface area contributed by atoms with Gasteiger partial charge in [-0.1, -0.05) is 0 Å². The number of aromatic nitrogens is 5. The van der Waals surface area contributed by atoms with Crippen LogP contribution in [0.25, 0.3) is 0 Å². The molecule has 1 saturated heterocycles. The van der Waals surface area contributed by atoms with Crippen molar-refractivity contribution in [3.63, 3.8) is 0 Å². The molecule has 1 N–H and O–H groups in total. The normalized spacial score (nSPS) is 16.2. The van der Waals surface area contributed by atoms with E-state index in [0.29, 0.717) is 11.9 Å². The van der Waals surface area contributed by atoms with Gasteiger partial charge in [-0.3, -0.25) is 4.68 Å². The van der Waals surface area contributed by atoms with Crippen LogP contribution >= 0.6 is 11.6 Å². The van der Waals surface area contributed by atoms with Crippen molar-refractivity contribution in [3.05, 3.63) is 23.7 Å². The number of hydrogen-bond donors (Lipinski definition) is 1. The Hall–Kier alpha value is -1.89. The number of nitrogens with one attached hydrogen (secondary N) is 1. The fraction of sp³-hybridized carbons (Fsp3) is 0.538. The van der Waals surface area contributed by atoms with Gasteiger partial charge in [0.2, 0.25) is 17.2 Å². The molecule has 1 unspecified atom stereocenters. The zero-order valence-electron chi connectivity index (χ0n) is 11.9. The van der Waals surface area contributed by atoms with Crippen molar-refractivity contribution in [1.29, 1.82) is 0 Å². The van der Waals surface area contributed by atoms with Crippen LogP contribution < -0.4 is 10.2 Å². The predicted molar refractivity (Wildman–Crippen MR) is 81.6 cm³/mol. The van der Waals surface area contributed by atoms with Gasteiger partial charge in [-0.25, -0.2) is 0 Å². The minimum absolute atomic E-state index is 0.134. The molecule has 2 aromatic heterocycles. The number of halogens is 1. The third kappa shape index (κ3) is 3.60. The lowest BCUT2D eigenvalue weighted by Crippen LogP contribution is -2.25. The van der Waals surface area contributed by atoms with E-state index in [1.165, 1.54) is 12.8 Å². The van der Waals surface area contributed by atoms with E-state index in [1.54, 1.807) is 6.20 Å². The molecule has 3 rings (SSSR count). The van der Waals surface area contributed by atoms with Crippen LogP contribution in [-0.4, -0.2) is 43.9 Å². The molecule has 1 fully saturated rings. The molecule has 1 aliphatic rings. The Morgan fingerprint density at radius 2 is 2.10 bits per heavy atom. The first kappa shape index (κ1) is 14.1. The second-order valence-electron chi connectivity index (χ2n) is 5.20. The summed E-state index contributed by atoms with van der Waals surface area (Å²) in [5, 5.41) is 7.66. The lowest BCUT2D eigenvalue weighted by Gasteiger charge is -2.18. The van der Waals surface area contributed by atoms with Crippen LogP contribution in [0.15, 0.2) is 18.5 Å². The van der Waals surface area contributed by atoms with E-state index in [1.807, 2.05) is 16.9 Å². The maximum atomic E-state index is 6.01. The third-order valence-corrected chi connectivity index (χ3v) is 3.55. The van der Waals surface area contributed by atoms with Gasteiger partial charge in [-0.15, -0.1) is 0 Å². The molecule has 2 aromatic rings. The van der Waals surface area contributed by atoms with Gasteiger partial charge < -0.3 is 10.2 Å². The summed E-state index contributed by atoms with van der Waals surface area (Å²) >= 11 is 6.01. The zero-order valence-corrected chi connectivity index (χ0v) is 12.7. The van der Waals surface area contributed by atoms with Crippen molar-refractivity contribution >= 4 is 23.5 Å². The van der Waals surface area contributed by atoms with Gasteiger partial charge in [0.15, 0.2) is 0 Å². The molecule has 0 spiro atoms. The standard InChI is InChI=1S/C13H18ClN7/c1-10(9-21-8-4-5-15-21)16-12-17-11(14)18-13(19-12)20-6-2-3-7-20/h4-5,8,10H,2-3,6-7,9H2,1H3,(H,16,17,18,19). The summed E-state index contributed by atoms with van der Waals surface area (Å²) < 4.78 is 1.86. The molecular weight excluding hydrogens is 290 g/mol. The van der Waals surface area contributed by atoms with Crippen molar-refractivity contribution in [2.24, 2.45) is 0 Å². The molecule has 112 valence electrons. The van der Waals surface area contributed by atoms with Gasteiger partial charge in [0.1, 0.15) is 0 Å². The molecule has 3 heterocycles. The number of rotatable bonds is 5. The highest BCUT2D eigenvalue weighted by atomic mass is 35.5. The second kappa shape index (κ2) is 6.26. The number of hydrogen-bond acceptors (Lipinski definition) is 6. The molecule has 0 aliphatic carbocycles. The van der Waals surface area contributed by atoms with Gasteiger partial charge in [0.25, 0.3) is 0 Å². The second-order valence-corrected chi connectivity index (χ2v) is 5.53. The van der Waals surface area contributed by atoms with Crippen LogP contribution in [0, 0.1) is 0 Å². The van der Waals surface area contributed by atoms with Crippen LogP contribution in [0.5, 0.6) is 0 Å². The van der Waals surface area contributed by atoms with Crippen LogP contribution in [0.1, 0.15) is 19.8 Å². The van der Waals surface area contributed by atoms with Crippen molar-refractivity contribution in [2.75, 3.05) is 23.3 Å². The highest BCUT2D eigenvalue weighted by Crippen LogP contribution is 2.18. The average molecular weight is 308 g/mol. The molecule has 21 heavy (non-hydrogen) atoms. The number of anilines is 2. The maximum Gasteiger partial charge on any atom is 0.231 e. The topological polar surface area (TPSA) is 71.8 Å². The molecular formula is C13H18ClN7. The first-order valence-electron chi connectivity index (χ1n) is 7.11. The first-order valence-corrected chi connectivity index (χ1v) is 7.49. The van der Waals surface area contributed by atoms with Crippen molar-refractivity contribution in [1.82, 2.24) is 24.7 Å². The molecule has 0 saturated carbocycles. The molecule has 7 nitrogen and oxygen atoms in total. The Kier molecular flexibility index (Phi) is 4.19. The average Bonchev–Trinajstić information content (AvgIpc) is 3.10. The van der Waals surface area contributed by atoms with Crippen LogP contribution in [-0.2, 0) is 6.54 Å². The summed E-state index contributed by atoms with van der Waals surface area (Å²) in [6.07, 6.45) is 6.02. The SMILES string of the molecule is CC(Cn1cccn1)Nc1nc(Cl)nc(N2CCCC2)n1. The number of nitrogens with zero attached hydrogens (tertiary/aromatic N) is 6. The molecule has 8 heteroatoms. The predicted octanol–water partition coefficient (Wildman–Crippen LogP) is 1.82. The summed E-state index contributed by atoms with van der Waals surface area (Å²) in [4.78, 5) is 15.0. The van der Waals surface area contributed by atoms with E-state index < -0.39 is 0 Å². The van der Waals surface area contributed by atoms with Crippen molar-refractivity contribution in [2.45, 2.75) is 32.4 Å². The van der Waals surface area contributed by atoms with Gasteiger partial charge in [0.05, 0.1) is 6.54 Å². The van der Waals surface area contributed by atoms with E-state index in [0.717, 1.165) is 19.6 Å². The Morgan fingerprint density at radius 3 is 2.81 bits per heavy atom. The summed E-state index contributed by atoms with van der Waals surface area (Å²) in [6.45, 7) is 4.73. The summed E-state index contributed by atoms with van der Waals surface area (Å²) in [5.74, 6) is 1.16. The van der Waals surface area contributed by atoms with Gasteiger partial charge in [0, 0.05) is 31.5 Å². The largest absolute Gasteiger partial charge is 0.350 e. The molecule has 0 amide bonds. The molecule has 0 bridgehead atoms. The maximum absolute atomic E-state index is 6.01. The summed E-state index contributed by atoms with van der Waals surface area (Å²) in [6, 6.07) is 2.03. The van der Waals surface area contributed by atoms with Gasteiger partial charge in [-0.2, -0.15) is 20.1 Å². The Morgan fingerprint density at radius 1 is 1.29 bits per heavy atom. The van der Waals surface area contributed by atoms with Crippen LogP contribution in [0.4, 0.5) is 11.9 Å². The Labute approximate surface area is 128 Å². The van der Waals surface area contributed by atoms with Gasteiger partial charge in [-0.05, 0) is 37.4 Å². The smallest absolute Gasteiger partial charge is 0.231 e. The minimum atomic E-state index is 0.134. The molecule has 1 aliphatic heterocycles. The zero-order chi connectivity index (χ0) is 14.7. The monoisotopic (exact) mass is 307 g/mol. The Balaban J connectivity index is 1.69. The first-order chi connectivity index (χ1) is 10.2. The minimum Gasteiger partial charge on any atom is -0.350 e. The Bertz CT molecular complexity index is 580. The van der Waals surface area contributed by atoms with Crippen molar-refractivity contribution in [3.8, 4) is 0 Å². The van der Waals surface area contributed by atoms with Crippen LogP contribution in [0.3, 0.4) is 0 Å². The fourth-order valence-corrected chi connectivity index (χ4v) is 2.57. The lowest BCUT2D eigenvalue weighted by molar-refractivity contribution is 0.558. The molecule has 0 aromatic carbocycles. The van der Waals surface area contributed by atoms with E-state index in [9.17, 15) is 0 Å². The molecule has 1 atom stereocenters. The van der Waals surface area contributed by atoms with Crippen LogP contribution in [0.2, 0.25) is 5.28 Å². The lowest BCUT2D eigenvalue weighted by atomic mass is 10.3. The summed E-state index contributed by atoms with van der Waals surface area (Å²) in [7, 11) is 0. The van der Waals surface area contributed by atoms with E-state index in [2.05, 4.69) is 37.2 Å². The highest BCUT2D eigenvalue weighted by molar-refractivity contribution is 6.28.